The summed E-state index contributed by atoms with van der Waals surface area (Å²) in [6, 6.07) is 16.9. The van der Waals surface area contributed by atoms with Crippen LogP contribution < -0.4 is 0 Å². The van der Waals surface area contributed by atoms with Crippen LogP contribution in [-0.4, -0.2) is 0 Å². The molecular weight excluding hydrogens is 236 g/mol. The van der Waals surface area contributed by atoms with E-state index in [1.807, 2.05) is 6.07 Å². The molecule has 0 amide bonds. The van der Waals surface area contributed by atoms with Gasteiger partial charge in [-0.05, 0) is 30.2 Å². The first-order valence-corrected chi connectivity index (χ1v) is 5.37. The van der Waals surface area contributed by atoms with Crippen LogP contribution in [0.4, 0.5) is 0 Å². The van der Waals surface area contributed by atoms with E-state index in [0.717, 1.165) is 4.47 Å². The Morgan fingerprint density at radius 2 is 1.57 bits per heavy atom. The molecule has 0 aliphatic carbocycles. The van der Waals surface area contributed by atoms with Crippen molar-refractivity contribution in [2.24, 2.45) is 0 Å². The van der Waals surface area contributed by atoms with Crippen LogP contribution in [-0.2, 0) is 0 Å². The summed E-state index contributed by atoms with van der Waals surface area (Å²) in [4.78, 5) is 0. The largest absolute Gasteiger partial charge is 0.0605 e. The maximum absolute atomic E-state index is 3.47. The zero-order chi connectivity index (χ0) is 9.97. The van der Waals surface area contributed by atoms with Gasteiger partial charge in [0.05, 0.1) is 0 Å². The molecule has 70 valence electrons. The summed E-state index contributed by atoms with van der Waals surface area (Å²) in [7, 11) is 0. The summed E-state index contributed by atoms with van der Waals surface area (Å²) in [5.41, 5.74) is 3.81. The third kappa shape index (κ3) is 2.05. The van der Waals surface area contributed by atoms with Gasteiger partial charge < -0.3 is 0 Å². The van der Waals surface area contributed by atoms with Gasteiger partial charge in [-0.2, -0.15) is 0 Å². The highest BCUT2D eigenvalue weighted by Gasteiger charge is 1.96. The molecule has 2 rings (SSSR count). The van der Waals surface area contributed by atoms with Crippen molar-refractivity contribution in [3.63, 3.8) is 0 Å². The summed E-state index contributed by atoms with van der Waals surface area (Å²) in [5, 5.41) is 0. The van der Waals surface area contributed by atoms with Crippen LogP contribution in [0.3, 0.4) is 0 Å². The highest BCUT2D eigenvalue weighted by molar-refractivity contribution is 9.10. The van der Waals surface area contributed by atoms with Gasteiger partial charge >= 0.3 is 0 Å². The molecule has 0 bridgehead atoms. The minimum absolute atomic E-state index is 1.12. The lowest BCUT2D eigenvalue weighted by Crippen LogP contribution is -1.78. The average Bonchev–Trinajstić information content (AvgIpc) is 2.19. The van der Waals surface area contributed by atoms with E-state index < -0.39 is 0 Å². The van der Waals surface area contributed by atoms with Gasteiger partial charge in [-0.1, -0.05) is 57.9 Å². The number of halogens is 1. The van der Waals surface area contributed by atoms with Crippen LogP contribution in [0.2, 0.25) is 0 Å². The Labute approximate surface area is 92.7 Å². The zero-order valence-corrected chi connectivity index (χ0v) is 9.58. The number of hydrogen-bond donors (Lipinski definition) is 0. The summed E-state index contributed by atoms with van der Waals surface area (Å²) in [6.07, 6.45) is 0. The molecule has 0 saturated carbocycles. The molecule has 0 aliphatic heterocycles. The Balaban J connectivity index is 2.44. The number of benzene rings is 2. The SMILES string of the molecule is Cc1ccc(-c2cccc(Br)c2)cc1. The maximum Gasteiger partial charge on any atom is 0.0181 e. The quantitative estimate of drug-likeness (QED) is 0.699. The van der Waals surface area contributed by atoms with Crippen molar-refractivity contribution in [3.05, 3.63) is 58.6 Å². The molecule has 0 nitrogen and oxygen atoms in total. The lowest BCUT2D eigenvalue weighted by Gasteiger charge is -2.02. The van der Waals surface area contributed by atoms with Gasteiger partial charge in [-0.3, -0.25) is 0 Å². The lowest BCUT2D eigenvalue weighted by atomic mass is 10.0. The number of hydrogen-bond acceptors (Lipinski definition) is 0. The first kappa shape index (κ1) is 9.47. The average molecular weight is 247 g/mol. The Hall–Kier alpha value is -1.08. The molecule has 0 atom stereocenters. The molecule has 1 heteroatoms. The van der Waals surface area contributed by atoms with Crippen molar-refractivity contribution in [1.82, 2.24) is 0 Å². The van der Waals surface area contributed by atoms with Gasteiger partial charge in [0.15, 0.2) is 0 Å². The number of aryl methyl sites for hydroxylation is 1. The van der Waals surface area contributed by atoms with E-state index in [4.69, 9.17) is 0 Å². The lowest BCUT2D eigenvalue weighted by molar-refractivity contribution is 1.47. The molecule has 0 aromatic heterocycles. The van der Waals surface area contributed by atoms with Gasteiger partial charge in [-0.25, -0.2) is 0 Å². The van der Waals surface area contributed by atoms with Crippen molar-refractivity contribution in [2.75, 3.05) is 0 Å². The first-order chi connectivity index (χ1) is 6.75. The highest BCUT2D eigenvalue weighted by Crippen LogP contribution is 2.22. The van der Waals surface area contributed by atoms with Crippen LogP contribution in [0.1, 0.15) is 5.56 Å². The monoisotopic (exact) mass is 246 g/mol. The third-order valence-corrected chi connectivity index (χ3v) is 2.70. The minimum Gasteiger partial charge on any atom is -0.0605 e. The molecule has 2 aromatic carbocycles. The van der Waals surface area contributed by atoms with E-state index in [9.17, 15) is 0 Å². The van der Waals surface area contributed by atoms with Crippen LogP contribution in [0.5, 0.6) is 0 Å². The minimum atomic E-state index is 1.12. The second-order valence-electron chi connectivity index (χ2n) is 3.38. The molecule has 0 aliphatic rings. The van der Waals surface area contributed by atoms with Gasteiger partial charge in [0.25, 0.3) is 0 Å². The molecular formula is C13H11Br. The highest BCUT2D eigenvalue weighted by atomic mass is 79.9. The summed E-state index contributed by atoms with van der Waals surface area (Å²) in [5.74, 6) is 0. The van der Waals surface area contributed by atoms with Gasteiger partial charge in [0.1, 0.15) is 0 Å². The van der Waals surface area contributed by atoms with Crippen LogP contribution in [0.15, 0.2) is 53.0 Å². The van der Waals surface area contributed by atoms with Crippen molar-refractivity contribution in [2.45, 2.75) is 6.92 Å². The van der Waals surface area contributed by atoms with Gasteiger partial charge in [0, 0.05) is 4.47 Å². The molecule has 0 radical (unpaired) electrons. The second-order valence-corrected chi connectivity index (χ2v) is 4.29. The van der Waals surface area contributed by atoms with Crippen LogP contribution >= 0.6 is 15.9 Å². The Bertz CT molecular complexity index is 429. The Morgan fingerprint density at radius 3 is 2.21 bits per heavy atom. The molecule has 0 fully saturated rings. The number of rotatable bonds is 1. The van der Waals surface area contributed by atoms with Crippen LogP contribution in [0.25, 0.3) is 11.1 Å². The summed E-state index contributed by atoms with van der Waals surface area (Å²) in [6.45, 7) is 2.10. The third-order valence-electron chi connectivity index (χ3n) is 2.21. The van der Waals surface area contributed by atoms with Gasteiger partial charge in [0.2, 0.25) is 0 Å². The van der Waals surface area contributed by atoms with E-state index in [2.05, 4.69) is 65.3 Å². The van der Waals surface area contributed by atoms with E-state index in [1.54, 1.807) is 0 Å². The maximum atomic E-state index is 3.47. The van der Waals surface area contributed by atoms with E-state index in [0.29, 0.717) is 0 Å². The molecule has 0 heterocycles. The van der Waals surface area contributed by atoms with Crippen molar-refractivity contribution < 1.29 is 0 Å². The predicted molar refractivity (Wildman–Crippen MR) is 64.3 cm³/mol. The molecule has 0 saturated heterocycles. The van der Waals surface area contributed by atoms with E-state index in [1.165, 1.54) is 16.7 Å². The smallest absolute Gasteiger partial charge is 0.0181 e. The molecule has 14 heavy (non-hydrogen) atoms. The molecule has 0 unspecified atom stereocenters. The zero-order valence-electron chi connectivity index (χ0n) is 8.00. The summed E-state index contributed by atoms with van der Waals surface area (Å²) >= 11 is 3.47. The topological polar surface area (TPSA) is 0 Å². The summed E-state index contributed by atoms with van der Waals surface area (Å²) < 4.78 is 1.12. The van der Waals surface area contributed by atoms with Crippen molar-refractivity contribution in [1.29, 1.82) is 0 Å². The normalized spacial score (nSPS) is 10.1. The fourth-order valence-electron chi connectivity index (χ4n) is 1.41. The van der Waals surface area contributed by atoms with E-state index in [-0.39, 0.29) is 0 Å². The Morgan fingerprint density at radius 1 is 0.857 bits per heavy atom. The Kier molecular flexibility index (Phi) is 2.69. The predicted octanol–water partition coefficient (Wildman–Crippen LogP) is 4.42. The van der Waals surface area contributed by atoms with Gasteiger partial charge in [-0.15, -0.1) is 0 Å². The fourth-order valence-corrected chi connectivity index (χ4v) is 1.81. The fraction of sp³-hybridized carbons (Fsp3) is 0.0769. The van der Waals surface area contributed by atoms with Crippen LogP contribution in [0, 0.1) is 6.92 Å². The van der Waals surface area contributed by atoms with Crippen molar-refractivity contribution >= 4 is 15.9 Å². The standard InChI is InChI=1S/C13H11Br/c1-10-5-7-11(8-6-10)12-3-2-4-13(14)9-12/h2-9H,1H3. The van der Waals surface area contributed by atoms with Crippen molar-refractivity contribution in [3.8, 4) is 11.1 Å². The van der Waals surface area contributed by atoms with E-state index >= 15 is 0 Å². The molecule has 0 N–H and O–H groups in total. The molecule has 0 spiro atoms. The molecule has 2 aromatic rings. The second kappa shape index (κ2) is 3.97. The first-order valence-electron chi connectivity index (χ1n) is 4.58.